The van der Waals surface area contributed by atoms with Crippen LogP contribution >= 0.6 is 0 Å². The molecule has 2 heterocycles. The summed E-state index contributed by atoms with van der Waals surface area (Å²) in [6.45, 7) is 4.62. The second-order valence-electron chi connectivity index (χ2n) is 5.78. The zero-order valence-electron chi connectivity index (χ0n) is 11.9. The van der Waals surface area contributed by atoms with Crippen molar-refractivity contribution in [2.75, 3.05) is 33.2 Å². The molecule has 0 radical (unpaired) electrons. The molecule has 19 heavy (non-hydrogen) atoms. The van der Waals surface area contributed by atoms with Crippen LogP contribution in [0.4, 0.5) is 0 Å². The Morgan fingerprint density at radius 2 is 2.11 bits per heavy atom. The lowest BCUT2D eigenvalue weighted by Crippen LogP contribution is -2.47. The number of rotatable bonds is 4. The molecule has 3 nitrogen and oxygen atoms in total. The molecule has 0 spiro atoms. The summed E-state index contributed by atoms with van der Waals surface area (Å²) in [6.07, 6.45) is 3.79. The van der Waals surface area contributed by atoms with Crippen molar-refractivity contribution in [2.45, 2.75) is 31.3 Å². The standard InChI is InChI=1S/C16H25N3/c1-17-8-9-18-14-7-11-19-10-6-13-4-2-3-5-15(13)16(19)12-14/h2-5,14,16-18H,6-12H2,1H3/t14-,16+/m0/s1. The minimum absolute atomic E-state index is 0.644. The molecule has 0 bridgehead atoms. The number of piperidine rings is 1. The van der Waals surface area contributed by atoms with Gasteiger partial charge in [-0.15, -0.1) is 0 Å². The smallest absolute Gasteiger partial charge is 0.0365 e. The van der Waals surface area contributed by atoms with Crippen molar-refractivity contribution in [3.05, 3.63) is 35.4 Å². The summed E-state index contributed by atoms with van der Waals surface area (Å²) in [6, 6.07) is 10.3. The van der Waals surface area contributed by atoms with Crippen LogP contribution in [0.2, 0.25) is 0 Å². The molecule has 3 heteroatoms. The second-order valence-corrected chi connectivity index (χ2v) is 5.78. The first kappa shape index (κ1) is 13.1. The lowest BCUT2D eigenvalue weighted by molar-refractivity contribution is 0.116. The fraction of sp³-hybridized carbons (Fsp3) is 0.625. The summed E-state index contributed by atoms with van der Waals surface area (Å²) >= 11 is 0. The molecular weight excluding hydrogens is 234 g/mol. The largest absolute Gasteiger partial charge is 0.318 e. The van der Waals surface area contributed by atoms with Crippen molar-refractivity contribution < 1.29 is 0 Å². The van der Waals surface area contributed by atoms with Gasteiger partial charge in [-0.25, -0.2) is 0 Å². The van der Waals surface area contributed by atoms with Crippen LogP contribution in [0.5, 0.6) is 0 Å². The Balaban J connectivity index is 1.68. The van der Waals surface area contributed by atoms with Gasteiger partial charge < -0.3 is 10.6 Å². The van der Waals surface area contributed by atoms with Gasteiger partial charge in [-0.2, -0.15) is 0 Å². The van der Waals surface area contributed by atoms with Gasteiger partial charge in [-0.1, -0.05) is 24.3 Å². The maximum atomic E-state index is 3.70. The molecule has 2 aliphatic heterocycles. The van der Waals surface area contributed by atoms with E-state index in [0.29, 0.717) is 12.1 Å². The molecule has 2 atom stereocenters. The first-order chi connectivity index (χ1) is 9.38. The van der Waals surface area contributed by atoms with Gasteiger partial charge in [-0.05, 0) is 37.4 Å². The number of nitrogens with zero attached hydrogens (tertiary/aromatic N) is 1. The van der Waals surface area contributed by atoms with E-state index in [2.05, 4.69) is 39.8 Å². The van der Waals surface area contributed by atoms with E-state index in [1.54, 1.807) is 11.1 Å². The Labute approximate surface area is 116 Å². The van der Waals surface area contributed by atoms with E-state index >= 15 is 0 Å². The molecule has 1 aromatic carbocycles. The van der Waals surface area contributed by atoms with E-state index in [0.717, 1.165) is 13.1 Å². The normalized spacial score (nSPS) is 26.8. The molecular formula is C16H25N3. The summed E-state index contributed by atoms with van der Waals surface area (Å²) in [4.78, 5) is 2.68. The summed E-state index contributed by atoms with van der Waals surface area (Å²) in [5, 5.41) is 6.90. The number of hydrogen-bond donors (Lipinski definition) is 2. The van der Waals surface area contributed by atoms with E-state index in [1.165, 1.54) is 32.4 Å². The number of nitrogens with one attached hydrogen (secondary N) is 2. The molecule has 0 aliphatic carbocycles. The quantitative estimate of drug-likeness (QED) is 0.804. The zero-order valence-corrected chi connectivity index (χ0v) is 11.9. The Hall–Kier alpha value is -0.900. The molecule has 1 fully saturated rings. The molecule has 0 amide bonds. The highest BCUT2D eigenvalue weighted by molar-refractivity contribution is 5.33. The Morgan fingerprint density at radius 3 is 3.00 bits per heavy atom. The predicted molar refractivity (Wildman–Crippen MR) is 79.4 cm³/mol. The highest BCUT2D eigenvalue weighted by atomic mass is 15.2. The number of fused-ring (bicyclic) bond motifs is 3. The Kier molecular flexibility index (Phi) is 4.16. The first-order valence-corrected chi connectivity index (χ1v) is 7.58. The molecule has 0 unspecified atom stereocenters. The van der Waals surface area contributed by atoms with Crippen LogP contribution < -0.4 is 10.6 Å². The molecule has 3 rings (SSSR count). The average Bonchev–Trinajstić information content (AvgIpc) is 2.47. The van der Waals surface area contributed by atoms with Crippen LogP contribution in [0.3, 0.4) is 0 Å². The minimum Gasteiger partial charge on any atom is -0.318 e. The third kappa shape index (κ3) is 2.83. The van der Waals surface area contributed by atoms with Crippen molar-refractivity contribution in [2.24, 2.45) is 0 Å². The molecule has 2 N–H and O–H groups in total. The van der Waals surface area contributed by atoms with Gasteiger partial charge in [0.2, 0.25) is 0 Å². The van der Waals surface area contributed by atoms with Gasteiger partial charge in [0.1, 0.15) is 0 Å². The number of benzene rings is 1. The summed E-state index contributed by atoms with van der Waals surface area (Å²) in [7, 11) is 2.02. The predicted octanol–water partition coefficient (Wildman–Crippen LogP) is 1.56. The monoisotopic (exact) mass is 259 g/mol. The number of likely N-dealkylation sites (N-methyl/N-ethyl adjacent to an activating group) is 1. The maximum absolute atomic E-state index is 3.70. The van der Waals surface area contributed by atoms with Crippen molar-refractivity contribution in [1.29, 1.82) is 0 Å². The van der Waals surface area contributed by atoms with Gasteiger partial charge in [0, 0.05) is 38.3 Å². The lowest BCUT2D eigenvalue weighted by atomic mass is 9.85. The molecule has 1 aromatic rings. The molecule has 1 saturated heterocycles. The van der Waals surface area contributed by atoms with Crippen molar-refractivity contribution in [1.82, 2.24) is 15.5 Å². The molecule has 0 aromatic heterocycles. The summed E-state index contributed by atoms with van der Waals surface area (Å²) in [5.74, 6) is 0. The fourth-order valence-corrected chi connectivity index (χ4v) is 3.54. The third-order valence-corrected chi connectivity index (χ3v) is 4.60. The second kappa shape index (κ2) is 6.04. The third-order valence-electron chi connectivity index (χ3n) is 4.60. The van der Waals surface area contributed by atoms with E-state index in [9.17, 15) is 0 Å². The van der Waals surface area contributed by atoms with Crippen molar-refractivity contribution >= 4 is 0 Å². The highest BCUT2D eigenvalue weighted by Crippen LogP contribution is 2.36. The van der Waals surface area contributed by atoms with Crippen molar-refractivity contribution in [3.8, 4) is 0 Å². The fourth-order valence-electron chi connectivity index (χ4n) is 3.54. The van der Waals surface area contributed by atoms with Crippen LogP contribution in [0.25, 0.3) is 0 Å². The van der Waals surface area contributed by atoms with E-state index in [4.69, 9.17) is 0 Å². The summed E-state index contributed by atoms with van der Waals surface area (Å²) in [5.41, 5.74) is 3.15. The van der Waals surface area contributed by atoms with Crippen LogP contribution in [0.1, 0.15) is 30.0 Å². The number of hydrogen-bond acceptors (Lipinski definition) is 3. The average molecular weight is 259 g/mol. The topological polar surface area (TPSA) is 27.3 Å². The molecule has 0 saturated carbocycles. The van der Waals surface area contributed by atoms with E-state index in [1.807, 2.05) is 7.05 Å². The SMILES string of the molecule is CNCCN[C@H]1CCN2CCc3ccccc3[C@H]2C1. The van der Waals surface area contributed by atoms with Gasteiger partial charge >= 0.3 is 0 Å². The lowest BCUT2D eigenvalue weighted by Gasteiger charge is -2.43. The van der Waals surface area contributed by atoms with Gasteiger partial charge in [0.05, 0.1) is 0 Å². The first-order valence-electron chi connectivity index (χ1n) is 7.58. The van der Waals surface area contributed by atoms with Gasteiger partial charge in [0.15, 0.2) is 0 Å². The maximum Gasteiger partial charge on any atom is 0.0365 e. The van der Waals surface area contributed by atoms with Crippen LogP contribution in [0.15, 0.2) is 24.3 Å². The van der Waals surface area contributed by atoms with E-state index < -0.39 is 0 Å². The van der Waals surface area contributed by atoms with Gasteiger partial charge in [-0.3, -0.25) is 4.90 Å². The Bertz CT molecular complexity index is 418. The zero-order chi connectivity index (χ0) is 13.1. The van der Waals surface area contributed by atoms with Crippen LogP contribution in [-0.4, -0.2) is 44.2 Å². The Morgan fingerprint density at radius 1 is 1.21 bits per heavy atom. The van der Waals surface area contributed by atoms with E-state index in [-0.39, 0.29) is 0 Å². The molecule has 104 valence electrons. The van der Waals surface area contributed by atoms with Crippen LogP contribution in [-0.2, 0) is 6.42 Å². The van der Waals surface area contributed by atoms with Crippen molar-refractivity contribution in [3.63, 3.8) is 0 Å². The molecule has 2 aliphatic rings. The van der Waals surface area contributed by atoms with Crippen LogP contribution in [0, 0.1) is 0 Å². The highest BCUT2D eigenvalue weighted by Gasteiger charge is 2.32. The minimum atomic E-state index is 0.644. The van der Waals surface area contributed by atoms with Gasteiger partial charge in [0.25, 0.3) is 0 Å². The summed E-state index contributed by atoms with van der Waals surface area (Å²) < 4.78 is 0.